The lowest BCUT2D eigenvalue weighted by Gasteiger charge is -2.10. The molecule has 0 saturated heterocycles. The molecule has 0 aromatic heterocycles. The zero-order chi connectivity index (χ0) is 20.1. The molecule has 0 heterocycles. The summed E-state index contributed by atoms with van der Waals surface area (Å²) < 4.78 is 0. The molecule has 0 atom stereocenters. The molecule has 0 saturated carbocycles. The molecule has 2 N–H and O–H groups in total. The topological polar surface area (TPSA) is 82.0 Å². The van der Waals surface area contributed by atoms with Gasteiger partial charge in [0.25, 0.3) is 11.8 Å². The monoisotopic (exact) mass is 389 g/mol. The number of carbonyl (C=O) groups is 2. The fourth-order valence-electron chi connectivity index (χ4n) is 2.58. The number of nitriles is 1. The van der Waals surface area contributed by atoms with Crippen molar-refractivity contribution in [3.05, 3.63) is 94.0 Å². The summed E-state index contributed by atoms with van der Waals surface area (Å²) in [5.74, 6) is -0.660. The van der Waals surface area contributed by atoms with Gasteiger partial charge in [0, 0.05) is 21.8 Å². The predicted octanol–water partition coefficient (Wildman–Crippen LogP) is 5.02. The average molecular weight is 390 g/mol. The molecule has 28 heavy (non-hydrogen) atoms. The van der Waals surface area contributed by atoms with Crippen molar-refractivity contribution in [2.75, 3.05) is 10.6 Å². The quantitative estimate of drug-likeness (QED) is 0.656. The number of benzene rings is 3. The van der Waals surface area contributed by atoms with Gasteiger partial charge in [-0.15, -0.1) is 0 Å². The fraction of sp³-hybridized carbons (Fsp3) is 0.0455. The van der Waals surface area contributed by atoms with Crippen LogP contribution in [0, 0.1) is 18.3 Å². The number of para-hydroxylation sites is 1. The number of amides is 2. The van der Waals surface area contributed by atoms with E-state index in [0.29, 0.717) is 33.1 Å². The highest BCUT2D eigenvalue weighted by Gasteiger charge is 2.12. The minimum atomic E-state index is -0.361. The smallest absolute Gasteiger partial charge is 0.255 e. The Morgan fingerprint density at radius 2 is 1.43 bits per heavy atom. The third-order valence-corrected chi connectivity index (χ3v) is 4.39. The van der Waals surface area contributed by atoms with Gasteiger partial charge in [0.05, 0.1) is 11.3 Å². The van der Waals surface area contributed by atoms with Crippen molar-refractivity contribution in [3.63, 3.8) is 0 Å². The van der Waals surface area contributed by atoms with Gasteiger partial charge < -0.3 is 10.6 Å². The molecular formula is C22H16ClN3O2. The van der Waals surface area contributed by atoms with E-state index < -0.39 is 0 Å². The van der Waals surface area contributed by atoms with E-state index in [1.54, 1.807) is 60.7 Å². The third-order valence-electron chi connectivity index (χ3n) is 4.15. The molecule has 6 heteroatoms. The van der Waals surface area contributed by atoms with Crippen LogP contribution in [0.2, 0.25) is 5.02 Å². The maximum Gasteiger partial charge on any atom is 0.255 e. The van der Waals surface area contributed by atoms with E-state index in [1.807, 2.05) is 19.1 Å². The molecular weight excluding hydrogens is 374 g/mol. The number of carbonyl (C=O) groups excluding carboxylic acids is 2. The third kappa shape index (κ3) is 4.37. The number of aryl methyl sites for hydroxylation is 1. The van der Waals surface area contributed by atoms with Gasteiger partial charge in [0.1, 0.15) is 6.07 Å². The Bertz CT molecular complexity index is 1090. The summed E-state index contributed by atoms with van der Waals surface area (Å²) >= 11 is 5.97. The van der Waals surface area contributed by atoms with Crippen LogP contribution in [0.1, 0.15) is 31.8 Å². The second-order valence-corrected chi connectivity index (χ2v) is 6.54. The van der Waals surface area contributed by atoms with Gasteiger partial charge in [-0.3, -0.25) is 9.59 Å². The van der Waals surface area contributed by atoms with Crippen molar-refractivity contribution in [2.24, 2.45) is 0 Å². The number of nitrogens with zero attached hydrogens (tertiary/aromatic N) is 1. The second kappa shape index (κ2) is 8.38. The summed E-state index contributed by atoms with van der Waals surface area (Å²) in [4.78, 5) is 24.8. The van der Waals surface area contributed by atoms with Crippen LogP contribution in [0.3, 0.4) is 0 Å². The summed E-state index contributed by atoms with van der Waals surface area (Å²) in [5.41, 5.74) is 3.13. The van der Waals surface area contributed by atoms with E-state index in [-0.39, 0.29) is 11.8 Å². The lowest BCUT2D eigenvalue weighted by molar-refractivity contribution is 0.101. The van der Waals surface area contributed by atoms with E-state index in [9.17, 15) is 9.59 Å². The Hall–Kier alpha value is -3.62. The van der Waals surface area contributed by atoms with Crippen molar-refractivity contribution in [3.8, 4) is 6.07 Å². The van der Waals surface area contributed by atoms with Crippen molar-refractivity contribution >= 4 is 34.8 Å². The van der Waals surface area contributed by atoms with Crippen molar-refractivity contribution in [1.82, 2.24) is 0 Å². The molecule has 0 unspecified atom stereocenters. The van der Waals surface area contributed by atoms with E-state index in [4.69, 9.17) is 16.9 Å². The SMILES string of the molecule is Cc1ccc(Cl)cc1NC(=O)c1ccc(C(=O)Nc2ccccc2C#N)cc1. The Kier molecular flexibility index (Phi) is 5.73. The van der Waals surface area contributed by atoms with E-state index in [0.717, 1.165) is 5.56 Å². The van der Waals surface area contributed by atoms with Crippen LogP contribution in [-0.2, 0) is 0 Å². The van der Waals surface area contributed by atoms with Crippen LogP contribution in [0.25, 0.3) is 0 Å². The van der Waals surface area contributed by atoms with Gasteiger partial charge in [-0.2, -0.15) is 5.26 Å². The molecule has 3 aromatic rings. The largest absolute Gasteiger partial charge is 0.322 e. The van der Waals surface area contributed by atoms with Gasteiger partial charge in [-0.05, 0) is 61.0 Å². The second-order valence-electron chi connectivity index (χ2n) is 6.10. The summed E-state index contributed by atoms with van der Waals surface area (Å²) in [6.07, 6.45) is 0. The number of hydrogen-bond donors (Lipinski definition) is 2. The average Bonchev–Trinajstić information content (AvgIpc) is 2.71. The minimum Gasteiger partial charge on any atom is -0.322 e. The lowest BCUT2D eigenvalue weighted by Crippen LogP contribution is -2.15. The molecule has 5 nitrogen and oxygen atoms in total. The number of hydrogen-bond acceptors (Lipinski definition) is 3. The zero-order valence-corrected chi connectivity index (χ0v) is 15.7. The number of nitrogens with one attached hydrogen (secondary N) is 2. The first-order valence-electron chi connectivity index (χ1n) is 8.46. The van der Waals surface area contributed by atoms with Crippen molar-refractivity contribution in [2.45, 2.75) is 6.92 Å². The minimum absolute atomic E-state index is 0.299. The van der Waals surface area contributed by atoms with Gasteiger partial charge in [0.15, 0.2) is 0 Å². The molecule has 0 spiro atoms. The van der Waals surface area contributed by atoms with Crippen molar-refractivity contribution in [1.29, 1.82) is 5.26 Å². The Morgan fingerprint density at radius 3 is 2.04 bits per heavy atom. The van der Waals surface area contributed by atoms with Gasteiger partial charge in [0.2, 0.25) is 0 Å². The predicted molar refractivity (Wildman–Crippen MR) is 110 cm³/mol. The summed E-state index contributed by atoms with van der Waals surface area (Å²) in [6.45, 7) is 1.87. The highest BCUT2D eigenvalue weighted by molar-refractivity contribution is 6.31. The maximum atomic E-state index is 12.4. The van der Waals surface area contributed by atoms with E-state index >= 15 is 0 Å². The van der Waals surface area contributed by atoms with Gasteiger partial charge >= 0.3 is 0 Å². The number of anilines is 2. The molecule has 0 aliphatic rings. The van der Waals surface area contributed by atoms with Crippen LogP contribution >= 0.6 is 11.6 Å². The van der Waals surface area contributed by atoms with Crippen LogP contribution in [0.15, 0.2) is 66.7 Å². The maximum absolute atomic E-state index is 12.4. The molecule has 0 fully saturated rings. The van der Waals surface area contributed by atoms with Crippen LogP contribution in [-0.4, -0.2) is 11.8 Å². The van der Waals surface area contributed by atoms with Crippen LogP contribution in [0.4, 0.5) is 11.4 Å². The standard InChI is InChI=1S/C22H16ClN3O2/c1-14-6-11-18(23)12-20(14)26-22(28)16-9-7-15(8-10-16)21(27)25-19-5-3-2-4-17(19)13-24/h2-12H,1H3,(H,25,27)(H,26,28). The molecule has 3 aromatic carbocycles. The Morgan fingerprint density at radius 1 is 0.857 bits per heavy atom. The highest BCUT2D eigenvalue weighted by Crippen LogP contribution is 2.21. The van der Waals surface area contributed by atoms with Gasteiger partial charge in [-0.1, -0.05) is 29.8 Å². The molecule has 0 radical (unpaired) electrons. The molecule has 0 aliphatic heterocycles. The number of rotatable bonds is 4. The highest BCUT2D eigenvalue weighted by atomic mass is 35.5. The molecule has 3 rings (SSSR count). The summed E-state index contributed by atoms with van der Waals surface area (Å²) in [5, 5.41) is 15.2. The molecule has 0 bridgehead atoms. The van der Waals surface area contributed by atoms with E-state index in [1.165, 1.54) is 0 Å². The zero-order valence-electron chi connectivity index (χ0n) is 15.0. The van der Waals surface area contributed by atoms with Crippen LogP contribution < -0.4 is 10.6 Å². The Balaban J connectivity index is 1.72. The first-order chi connectivity index (χ1) is 13.5. The molecule has 0 aliphatic carbocycles. The normalized spacial score (nSPS) is 10.0. The van der Waals surface area contributed by atoms with E-state index in [2.05, 4.69) is 10.6 Å². The first-order valence-corrected chi connectivity index (χ1v) is 8.84. The number of halogens is 1. The fourth-order valence-corrected chi connectivity index (χ4v) is 2.75. The van der Waals surface area contributed by atoms with Crippen molar-refractivity contribution < 1.29 is 9.59 Å². The summed E-state index contributed by atoms with van der Waals surface area (Å²) in [6, 6.07) is 20.3. The first kappa shape index (κ1) is 19.2. The molecule has 2 amide bonds. The lowest BCUT2D eigenvalue weighted by atomic mass is 10.1. The van der Waals surface area contributed by atoms with Crippen LogP contribution in [0.5, 0.6) is 0 Å². The molecule has 138 valence electrons. The Labute approximate surface area is 167 Å². The summed E-state index contributed by atoms with van der Waals surface area (Å²) in [7, 11) is 0. The van der Waals surface area contributed by atoms with Gasteiger partial charge in [-0.25, -0.2) is 0 Å².